The summed E-state index contributed by atoms with van der Waals surface area (Å²) in [6, 6.07) is 0. The van der Waals surface area contributed by atoms with Crippen LogP contribution in [0, 0.1) is 0 Å². The highest BCUT2D eigenvalue weighted by Crippen LogP contribution is 2.27. The van der Waals surface area contributed by atoms with Gasteiger partial charge < -0.3 is 3.87 Å². The number of halogens is 4. The van der Waals surface area contributed by atoms with E-state index >= 15 is 0 Å². The summed E-state index contributed by atoms with van der Waals surface area (Å²) in [7, 11) is -8.10. The van der Waals surface area contributed by atoms with Gasteiger partial charge in [-0.05, 0) is 19.6 Å². The van der Waals surface area contributed by atoms with Crippen molar-refractivity contribution in [2.45, 2.75) is 38.0 Å². The van der Waals surface area contributed by atoms with E-state index < -0.39 is 23.9 Å². The summed E-state index contributed by atoms with van der Waals surface area (Å²) in [6.45, 7) is 4.07. The maximum atomic E-state index is 11.7. The third-order valence-electron chi connectivity index (χ3n) is 1.63. The number of imide groups is 1. The van der Waals surface area contributed by atoms with Crippen LogP contribution in [-0.2, 0) is 23.6 Å². The van der Waals surface area contributed by atoms with Crippen LogP contribution in [0.3, 0.4) is 0 Å². The van der Waals surface area contributed by atoms with Crippen molar-refractivity contribution in [3.63, 3.8) is 0 Å². The van der Waals surface area contributed by atoms with Crippen molar-refractivity contribution < 1.29 is 35.1 Å². The minimum atomic E-state index is -5.39. The molecule has 6 nitrogen and oxygen atoms in total. The van der Waals surface area contributed by atoms with Crippen LogP contribution >= 0.6 is 22.9 Å². The van der Waals surface area contributed by atoms with E-state index in [1.54, 1.807) is 22.9 Å². The van der Waals surface area contributed by atoms with E-state index in [1.165, 1.54) is 19.6 Å². The summed E-state index contributed by atoms with van der Waals surface area (Å²) < 4.78 is 60.8. The molecule has 0 aromatic heterocycles. The molecule has 1 aliphatic heterocycles. The second-order valence-corrected chi connectivity index (χ2v) is 11.9. The number of alkyl halides is 3. The van der Waals surface area contributed by atoms with Crippen LogP contribution in [0.15, 0.2) is 0 Å². The fourth-order valence-electron chi connectivity index (χ4n) is 0.926. The number of hydrogen-bond donors (Lipinski definition) is 0. The molecule has 1 aliphatic rings. The molecule has 20 heavy (non-hydrogen) atoms. The van der Waals surface area contributed by atoms with Gasteiger partial charge >= 0.3 is 15.6 Å². The Hall–Kier alpha value is -0.213. The maximum Gasteiger partial charge on any atom is 0.522 e. The Morgan fingerprint density at radius 1 is 1.15 bits per heavy atom. The van der Waals surface area contributed by atoms with Crippen LogP contribution in [0.5, 0.6) is 0 Å². The largest absolute Gasteiger partial charge is 0.522 e. The molecule has 1 heterocycles. The lowest BCUT2D eigenvalue weighted by atomic mass is 10.4. The Morgan fingerprint density at radius 2 is 1.50 bits per heavy atom. The molecular weight excluding hydrogens is 434 g/mol. The number of hydrogen-bond acceptors (Lipinski definition) is 5. The third kappa shape index (κ3) is 6.49. The predicted octanol–water partition coefficient (Wildman–Crippen LogP) is 2.17. The smallest absolute Gasteiger partial charge is 0.309 e. The number of amides is 2. The summed E-state index contributed by atoms with van der Waals surface area (Å²) in [4.78, 5) is 21.0. The number of carbonyl (C=O) groups is 2. The standard InChI is InChI=1S/C4H9F3O3SSi.C4H4INO2/c1-12(2,3)10-11(8,9)4(5,6)7;5-6-3(7)1-2-4(6)8/h1-3H3;1-2H2. The van der Waals surface area contributed by atoms with Gasteiger partial charge in [-0.15, -0.1) is 0 Å². The highest BCUT2D eigenvalue weighted by atomic mass is 127. The van der Waals surface area contributed by atoms with E-state index in [2.05, 4.69) is 3.87 Å². The van der Waals surface area contributed by atoms with E-state index in [0.717, 1.165) is 3.11 Å². The molecular formula is C8H13F3INO5SSi. The normalized spacial score (nSPS) is 17.1. The summed E-state index contributed by atoms with van der Waals surface area (Å²) in [5.74, 6) is -0.147. The van der Waals surface area contributed by atoms with Crippen LogP contribution < -0.4 is 0 Å². The number of rotatable bonds is 2. The first kappa shape index (κ1) is 19.8. The Morgan fingerprint density at radius 3 is 1.60 bits per heavy atom. The van der Waals surface area contributed by atoms with Crippen LogP contribution in [0.4, 0.5) is 13.2 Å². The Bertz CT molecular complexity index is 471. The van der Waals surface area contributed by atoms with Gasteiger partial charge in [0.1, 0.15) is 0 Å². The van der Waals surface area contributed by atoms with Crippen LogP contribution in [-0.4, -0.2) is 37.2 Å². The quantitative estimate of drug-likeness (QED) is 0.213. The van der Waals surface area contributed by atoms with Gasteiger partial charge in [0.15, 0.2) is 0 Å². The molecule has 0 N–H and O–H groups in total. The van der Waals surface area contributed by atoms with Crippen molar-refractivity contribution in [1.82, 2.24) is 3.11 Å². The zero-order valence-corrected chi connectivity index (χ0v) is 14.8. The lowest BCUT2D eigenvalue weighted by molar-refractivity contribution is -0.130. The molecule has 1 rings (SSSR count). The molecule has 12 heteroatoms. The zero-order valence-electron chi connectivity index (χ0n) is 10.8. The van der Waals surface area contributed by atoms with Gasteiger partial charge in [-0.25, -0.2) is 3.11 Å². The van der Waals surface area contributed by atoms with Gasteiger partial charge in [-0.3, -0.25) is 9.59 Å². The van der Waals surface area contributed by atoms with Gasteiger partial charge in [-0.2, -0.15) is 21.6 Å². The summed E-state index contributed by atoms with van der Waals surface area (Å²) in [5, 5.41) is 0. The molecule has 118 valence electrons. The molecule has 1 saturated heterocycles. The van der Waals surface area contributed by atoms with E-state index in [-0.39, 0.29) is 11.8 Å². The fourth-order valence-corrected chi connectivity index (χ4v) is 4.42. The molecule has 0 aromatic carbocycles. The molecule has 0 aliphatic carbocycles. The zero-order chi connectivity index (χ0) is 16.4. The second kappa shape index (κ2) is 6.70. The van der Waals surface area contributed by atoms with Gasteiger partial charge in [0, 0.05) is 12.8 Å². The topological polar surface area (TPSA) is 80.8 Å². The molecule has 0 unspecified atom stereocenters. The highest BCUT2D eigenvalue weighted by Gasteiger charge is 2.49. The molecule has 0 spiro atoms. The predicted molar refractivity (Wildman–Crippen MR) is 74.5 cm³/mol. The molecule has 0 bridgehead atoms. The summed E-state index contributed by atoms with van der Waals surface area (Å²) in [5.41, 5.74) is -5.31. The summed E-state index contributed by atoms with van der Waals surface area (Å²) in [6.07, 6.45) is 0.781. The van der Waals surface area contributed by atoms with Crippen LogP contribution in [0.25, 0.3) is 0 Å². The molecule has 2 amide bonds. The molecule has 1 fully saturated rings. The molecule has 0 atom stereocenters. The Kier molecular flexibility index (Phi) is 6.63. The van der Waals surface area contributed by atoms with Gasteiger partial charge in [0.2, 0.25) is 20.1 Å². The number of nitrogens with zero attached hydrogens (tertiary/aromatic N) is 1. The maximum absolute atomic E-state index is 11.7. The van der Waals surface area contributed by atoms with Crippen molar-refractivity contribution in [3.8, 4) is 0 Å². The van der Waals surface area contributed by atoms with Crippen molar-refractivity contribution in [2.24, 2.45) is 0 Å². The Balaban J connectivity index is 0.000000388. The minimum Gasteiger partial charge on any atom is -0.309 e. The minimum absolute atomic E-state index is 0.0735. The molecule has 0 saturated carbocycles. The van der Waals surface area contributed by atoms with E-state index in [0.29, 0.717) is 12.8 Å². The summed E-state index contributed by atoms with van der Waals surface area (Å²) >= 11 is 1.72. The SMILES string of the molecule is C[Si](C)(C)OS(=O)(=O)C(F)(F)F.O=C1CCC(=O)N1I. The first-order valence-electron chi connectivity index (χ1n) is 5.21. The lowest BCUT2D eigenvalue weighted by Gasteiger charge is -2.17. The second-order valence-electron chi connectivity index (χ2n) is 4.66. The van der Waals surface area contributed by atoms with Gasteiger partial charge in [-0.1, -0.05) is 0 Å². The molecule has 0 radical (unpaired) electrons. The number of carbonyl (C=O) groups excluding carboxylic acids is 2. The molecule has 0 aromatic rings. The lowest BCUT2D eigenvalue weighted by Crippen LogP contribution is -2.36. The van der Waals surface area contributed by atoms with E-state index in [4.69, 9.17) is 0 Å². The fraction of sp³-hybridized carbons (Fsp3) is 0.750. The van der Waals surface area contributed by atoms with Crippen molar-refractivity contribution in [1.29, 1.82) is 0 Å². The highest BCUT2D eigenvalue weighted by molar-refractivity contribution is 14.1. The third-order valence-corrected chi connectivity index (χ3v) is 6.15. The first-order valence-corrected chi connectivity index (χ1v) is 11.0. The van der Waals surface area contributed by atoms with E-state index in [1.807, 2.05) is 0 Å². The van der Waals surface area contributed by atoms with Crippen molar-refractivity contribution >= 4 is 53.1 Å². The average Bonchev–Trinajstić information content (AvgIpc) is 2.45. The van der Waals surface area contributed by atoms with Crippen molar-refractivity contribution in [2.75, 3.05) is 0 Å². The van der Waals surface area contributed by atoms with Crippen LogP contribution in [0.2, 0.25) is 19.6 Å². The average molecular weight is 447 g/mol. The monoisotopic (exact) mass is 447 g/mol. The van der Waals surface area contributed by atoms with Gasteiger partial charge in [0.05, 0.1) is 22.9 Å². The van der Waals surface area contributed by atoms with Crippen LogP contribution in [0.1, 0.15) is 12.8 Å². The van der Waals surface area contributed by atoms with Crippen molar-refractivity contribution in [3.05, 3.63) is 0 Å². The Labute approximate surface area is 129 Å². The van der Waals surface area contributed by atoms with Gasteiger partial charge in [0.25, 0.3) is 0 Å². The first-order chi connectivity index (χ1) is 8.67. The van der Waals surface area contributed by atoms with E-state index in [9.17, 15) is 31.2 Å².